The summed E-state index contributed by atoms with van der Waals surface area (Å²) in [6.45, 7) is 2.87. The molecule has 0 aromatic heterocycles. The lowest BCUT2D eigenvalue weighted by molar-refractivity contribution is -0.139. The number of carbonyl (C=O) groups excluding carboxylic acids is 1. The topological polar surface area (TPSA) is 56.6 Å². The number of nitriles is 1. The number of amides is 1. The van der Waals surface area contributed by atoms with Crippen LogP contribution in [0.3, 0.4) is 0 Å². The fraction of sp³-hybridized carbons (Fsp3) is 0.565. The highest BCUT2D eigenvalue weighted by molar-refractivity contribution is 5.80. The Morgan fingerprint density at radius 1 is 1.29 bits per heavy atom. The first-order chi connectivity index (χ1) is 14.8. The number of alkyl halides is 3. The molecule has 1 amide bonds. The molecule has 2 saturated heterocycles. The van der Waals surface area contributed by atoms with Crippen LogP contribution in [-0.2, 0) is 15.7 Å². The summed E-state index contributed by atoms with van der Waals surface area (Å²) in [5.74, 6) is 0.303. The van der Waals surface area contributed by atoms with Crippen LogP contribution in [0.25, 0.3) is 0 Å². The van der Waals surface area contributed by atoms with Crippen LogP contribution >= 0.6 is 0 Å². The maximum absolute atomic E-state index is 13.4. The van der Waals surface area contributed by atoms with E-state index in [-0.39, 0.29) is 28.7 Å². The molecule has 1 aliphatic carbocycles. The fourth-order valence-electron chi connectivity index (χ4n) is 5.34. The van der Waals surface area contributed by atoms with E-state index in [0.29, 0.717) is 38.5 Å². The van der Waals surface area contributed by atoms with Crippen molar-refractivity contribution >= 4 is 11.6 Å². The number of allylic oxidation sites excluding steroid dienone is 2. The highest BCUT2D eigenvalue weighted by Gasteiger charge is 2.51. The van der Waals surface area contributed by atoms with Gasteiger partial charge in [-0.25, -0.2) is 0 Å². The van der Waals surface area contributed by atoms with Crippen molar-refractivity contribution < 1.29 is 22.7 Å². The number of nitrogens with zero attached hydrogens (tertiary/aromatic N) is 3. The van der Waals surface area contributed by atoms with E-state index in [4.69, 9.17) is 10.00 Å². The van der Waals surface area contributed by atoms with Crippen LogP contribution in [0.15, 0.2) is 30.4 Å². The number of fused-ring (bicyclic) bond motifs is 1. The number of hydrogen-bond acceptors (Lipinski definition) is 4. The van der Waals surface area contributed by atoms with Crippen LogP contribution < -0.4 is 4.90 Å². The molecule has 5 nitrogen and oxygen atoms in total. The SMILES string of the molecule is COCC12CCN(C(=O)C3CC=CC3)CC1CN(c1ccc(C#N)c(C(F)(F)F)c1)C2. The van der Waals surface area contributed by atoms with E-state index in [1.54, 1.807) is 19.2 Å². The van der Waals surface area contributed by atoms with Crippen LogP contribution in [0.1, 0.15) is 30.4 Å². The number of hydrogen-bond donors (Lipinski definition) is 0. The molecule has 0 radical (unpaired) electrons. The van der Waals surface area contributed by atoms with Crippen molar-refractivity contribution in [1.82, 2.24) is 4.90 Å². The molecule has 2 fully saturated rings. The van der Waals surface area contributed by atoms with Crippen molar-refractivity contribution in [3.05, 3.63) is 41.5 Å². The monoisotopic (exact) mass is 433 g/mol. The Bertz CT molecular complexity index is 916. The number of likely N-dealkylation sites (tertiary alicyclic amines) is 1. The van der Waals surface area contributed by atoms with Gasteiger partial charge in [0, 0.05) is 56.2 Å². The molecule has 8 heteroatoms. The maximum Gasteiger partial charge on any atom is 0.417 e. The highest BCUT2D eigenvalue weighted by atomic mass is 19.4. The van der Waals surface area contributed by atoms with E-state index in [1.165, 1.54) is 6.07 Å². The van der Waals surface area contributed by atoms with Crippen LogP contribution in [0.5, 0.6) is 0 Å². The number of halogens is 3. The van der Waals surface area contributed by atoms with Gasteiger partial charge in [-0.3, -0.25) is 4.79 Å². The summed E-state index contributed by atoms with van der Waals surface area (Å²) < 4.78 is 45.8. The van der Waals surface area contributed by atoms with Gasteiger partial charge in [0.2, 0.25) is 5.91 Å². The summed E-state index contributed by atoms with van der Waals surface area (Å²) in [7, 11) is 1.64. The molecule has 31 heavy (non-hydrogen) atoms. The Labute approximate surface area is 180 Å². The Balaban J connectivity index is 1.57. The number of ether oxygens (including phenoxy) is 1. The minimum Gasteiger partial charge on any atom is -0.384 e. The van der Waals surface area contributed by atoms with Gasteiger partial charge in [-0.1, -0.05) is 12.2 Å². The van der Waals surface area contributed by atoms with Crippen molar-refractivity contribution in [2.45, 2.75) is 25.4 Å². The van der Waals surface area contributed by atoms with Crippen LogP contribution in [-0.4, -0.2) is 50.7 Å². The molecule has 4 rings (SSSR count). The fourth-order valence-corrected chi connectivity index (χ4v) is 5.34. The molecule has 0 N–H and O–H groups in total. The van der Waals surface area contributed by atoms with Crippen molar-refractivity contribution in [2.75, 3.05) is 44.8 Å². The molecule has 166 valence electrons. The van der Waals surface area contributed by atoms with E-state index in [2.05, 4.69) is 0 Å². The van der Waals surface area contributed by atoms with E-state index in [9.17, 15) is 18.0 Å². The minimum absolute atomic E-state index is 0.0142. The Morgan fingerprint density at radius 2 is 2.03 bits per heavy atom. The average Bonchev–Trinajstić information content (AvgIpc) is 3.40. The predicted octanol–water partition coefficient (Wildman–Crippen LogP) is 3.84. The van der Waals surface area contributed by atoms with Gasteiger partial charge >= 0.3 is 6.18 Å². The zero-order valence-electron chi connectivity index (χ0n) is 17.5. The number of benzene rings is 1. The first-order valence-electron chi connectivity index (χ1n) is 10.6. The van der Waals surface area contributed by atoms with E-state index in [0.717, 1.165) is 25.3 Å². The maximum atomic E-state index is 13.4. The summed E-state index contributed by atoms with van der Waals surface area (Å²) >= 11 is 0. The van der Waals surface area contributed by atoms with Gasteiger partial charge in [0.1, 0.15) is 0 Å². The molecule has 2 unspecified atom stereocenters. The van der Waals surface area contributed by atoms with Crippen molar-refractivity contribution in [3.63, 3.8) is 0 Å². The molecule has 0 bridgehead atoms. The van der Waals surface area contributed by atoms with Gasteiger partial charge < -0.3 is 14.5 Å². The second-order valence-corrected chi connectivity index (χ2v) is 8.89. The van der Waals surface area contributed by atoms with Crippen LogP contribution in [0.4, 0.5) is 18.9 Å². The quantitative estimate of drug-likeness (QED) is 0.677. The summed E-state index contributed by atoms with van der Waals surface area (Å²) in [6, 6.07) is 5.53. The number of anilines is 1. The van der Waals surface area contributed by atoms with E-state index < -0.39 is 11.7 Å². The molecular weight excluding hydrogens is 407 g/mol. The second-order valence-electron chi connectivity index (χ2n) is 8.89. The predicted molar refractivity (Wildman–Crippen MR) is 109 cm³/mol. The summed E-state index contributed by atoms with van der Waals surface area (Å²) in [6.07, 6.45) is 1.82. The minimum atomic E-state index is -4.59. The lowest BCUT2D eigenvalue weighted by Gasteiger charge is -2.43. The standard InChI is InChI=1S/C23H26F3N3O2/c1-31-15-22-8-9-28(21(30)16-4-2-3-5-16)12-18(22)13-29(14-22)19-7-6-17(11-27)20(10-19)23(24,25)26/h2-3,6-7,10,16,18H,4-5,8-9,12-15H2,1H3. The normalized spacial score (nSPS) is 26.2. The van der Waals surface area contributed by atoms with E-state index in [1.807, 2.05) is 22.0 Å². The molecule has 2 atom stereocenters. The van der Waals surface area contributed by atoms with Gasteiger partial charge in [-0.05, 0) is 37.5 Å². The van der Waals surface area contributed by atoms with Crippen molar-refractivity contribution in [2.24, 2.45) is 17.3 Å². The number of piperidine rings is 1. The second kappa shape index (κ2) is 8.19. The smallest absolute Gasteiger partial charge is 0.384 e. The first-order valence-corrected chi connectivity index (χ1v) is 10.6. The van der Waals surface area contributed by atoms with Gasteiger partial charge in [0.05, 0.1) is 23.8 Å². The number of methoxy groups -OCH3 is 1. The molecule has 1 aromatic carbocycles. The Hall–Kier alpha value is -2.53. The molecule has 3 aliphatic rings. The van der Waals surface area contributed by atoms with Crippen LogP contribution in [0.2, 0.25) is 0 Å². The Kier molecular flexibility index (Phi) is 5.73. The largest absolute Gasteiger partial charge is 0.417 e. The van der Waals surface area contributed by atoms with Crippen molar-refractivity contribution in [1.29, 1.82) is 5.26 Å². The van der Waals surface area contributed by atoms with Gasteiger partial charge in [0.15, 0.2) is 0 Å². The van der Waals surface area contributed by atoms with Crippen molar-refractivity contribution in [3.8, 4) is 6.07 Å². The number of carbonyl (C=O) groups is 1. The molecule has 2 heterocycles. The third-order valence-electron chi connectivity index (χ3n) is 7.03. The molecular formula is C23H26F3N3O2. The summed E-state index contributed by atoms with van der Waals surface area (Å²) in [4.78, 5) is 16.8. The highest BCUT2D eigenvalue weighted by Crippen LogP contribution is 2.46. The van der Waals surface area contributed by atoms with Gasteiger partial charge in [0.25, 0.3) is 0 Å². The third-order valence-corrected chi connectivity index (χ3v) is 7.03. The van der Waals surface area contributed by atoms with Gasteiger partial charge in [-0.2, -0.15) is 18.4 Å². The lowest BCUT2D eigenvalue weighted by atomic mass is 9.73. The molecule has 1 aromatic rings. The average molecular weight is 433 g/mol. The zero-order chi connectivity index (χ0) is 22.2. The number of rotatable bonds is 4. The van der Waals surface area contributed by atoms with Gasteiger partial charge in [-0.15, -0.1) is 0 Å². The molecule has 2 aliphatic heterocycles. The lowest BCUT2D eigenvalue weighted by Crippen LogP contribution is -2.52. The first kappa shape index (κ1) is 21.7. The Morgan fingerprint density at radius 3 is 2.68 bits per heavy atom. The third kappa shape index (κ3) is 4.03. The van der Waals surface area contributed by atoms with E-state index >= 15 is 0 Å². The molecule has 0 saturated carbocycles. The molecule has 0 spiro atoms. The zero-order valence-corrected chi connectivity index (χ0v) is 17.5. The summed E-state index contributed by atoms with van der Waals surface area (Å²) in [5, 5.41) is 9.07. The summed E-state index contributed by atoms with van der Waals surface area (Å²) in [5.41, 5.74) is -1.03. The van der Waals surface area contributed by atoms with Crippen LogP contribution in [0, 0.1) is 28.6 Å².